The number of nitrogens with zero attached hydrogens (tertiary/aromatic N) is 3. The molecule has 0 spiro atoms. The molecule has 0 fully saturated rings. The highest BCUT2D eigenvalue weighted by Crippen LogP contribution is 2.32. The largest absolute Gasteiger partial charge is 0.755 e. The lowest BCUT2D eigenvalue weighted by molar-refractivity contribution is -0.128. The van der Waals surface area contributed by atoms with Crippen molar-refractivity contribution in [1.82, 2.24) is 14.9 Å². The lowest BCUT2D eigenvalue weighted by Gasteiger charge is -2.27. The summed E-state index contributed by atoms with van der Waals surface area (Å²) < 4.78 is 27.1. The van der Waals surface area contributed by atoms with Crippen LogP contribution in [0.25, 0.3) is 11.1 Å². The SMILES string of the molecule is CCCCc1nc(Cl)c(CO)n1Cc1ccc(-c2ccccc2N(C(=O)CNC(=O)C(CS)C(C)C)S(=O)[O-])cc1. The molecule has 1 aromatic heterocycles. The van der Waals surface area contributed by atoms with Crippen molar-refractivity contribution >= 4 is 53.0 Å². The third kappa shape index (κ3) is 8.20. The Morgan fingerprint density at radius 2 is 1.88 bits per heavy atom. The van der Waals surface area contributed by atoms with Gasteiger partial charge >= 0.3 is 0 Å². The van der Waals surface area contributed by atoms with Gasteiger partial charge in [0.15, 0.2) is 5.15 Å². The number of carbonyl (C=O) groups excluding carboxylic acids is 2. The number of aryl methyl sites for hydroxylation is 1. The molecular formula is C29H36ClN4O5S2-. The summed E-state index contributed by atoms with van der Waals surface area (Å²) >= 11 is 7.56. The fraction of sp³-hybridized carbons (Fsp3) is 0.414. The van der Waals surface area contributed by atoms with Crippen LogP contribution in [-0.4, -0.2) is 47.5 Å². The Balaban J connectivity index is 1.85. The first-order valence-electron chi connectivity index (χ1n) is 13.5. The quantitative estimate of drug-likeness (QED) is 0.180. The Kier molecular flexibility index (Phi) is 12.4. The Labute approximate surface area is 254 Å². The van der Waals surface area contributed by atoms with Crippen LogP contribution in [0.5, 0.6) is 0 Å². The van der Waals surface area contributed by atoms with Gasteiger partial charge in [-0.2, -0.15) is 12.6 Å². The summed E-state index contributed by atoms with van der Waals surface area (Å²) in [5.41, 5.74) is 2.89. The van der Waals surface area contributed by atoms with Crippen LogP contribution in [0.3, 0.4) is 0 Å². The molecular weight excluding hydrogens is 584 g/mol. The second kappa shape index (κ2) is 15.5. The first-order valence-corrected chi connectivity index (χ1v) is 15.5. The van der Waals surface area contributed by atoms with Crippen LogP contribution in [0.15, 0.2) is 48.5 Å². The number of nitrogens with one attached hydrogen (secondary N) is 1. The van der Waals surface area contributed by atoms with Crippen molar-refractivity contribution in [2.45, 2.75) is 53.2 Å². The van der Waals surface area contributed by atoms with Crippen LogP contribution in [-0.2, 0) is 40.4 Å². The number of imidazole rings is 1. The van der Waals surface area contributed by atoms with E-state index in [1.807, 2.05) is 42.7 Å². The Morgan fingerprint density at radius 3 is 2.46 bits per heavy atom. The number of benzene rings is 2. The van der Waals surface area contributed by atoms with Crippen LogP contribution in [0.2, 0.25) is 5.15 Å². The number of unbranched alkanes of at least 4 members (excludes halogenated alkanes) is 1. The third-order valence-corrected chi connectivity index (χ3v) is 8.26. The Hall–Kier alpha value is -2.70. The highest BCUT2D eigenvalue weighted by molar-refractivity contribution is 7.81. The van der Waals surface area contributed by atoms with Gasteiger partial charge in [-0.3, -0.25) is 13.8 Å². The molecule has 3 aromatic rings. The number of thiol groups is 1. The number of carbonyl (C=O) groups is 2. The van der Waals surface area contributed by atoms with Crippen LogP contribution in [0.4, 0.5) is 5.69 Å². The lowest BCUT2D eigenvalue weighted by atomic mass is 9.97. The molecule has 3 rings (SSSR count). The number of hydrogen-bond acceptors (Lipinski definition) is 7. The summed E-state index contributed by atoms with van der Waals surface area (Å²) in [6, 6.07) is 14.2. The monoisotopic (exact) mass is 619 g/mol. The van der Waals surface area contributed by atoms with Gasteiger partial charge in [-0.25, -0.2) is 9.29 Å². The normalized spacial score (nSPS) is 12.8. The summed E-state index contributed by atoms with van der Waals surface area (Å²) in [5.74, 6) is -0.417. The van der Waals surface area contributed by atoms with E-state index in [4.69, 9.17) is 11.6 Å². The topological polar surface area (TPSA) is 128 Å². The molecule has 0 aliphatic heterocycles. The molecule has 2 aromatic carbocycles. The highest BCUT2D eigenvalue weighted by Gasteiger charge is 2.24. The number of halogens is 1. The van der Waals surface area contributed by atoms with E-state index in [0.717, 1.165) is 30.7 Å². The number of rotatable bonds is 14. The number of aliphatic hydroxyl groups is 1. The molecule has 0 aliphatic rings. The number of para-hydroxylation sites is 1. The van der Waals surface area contributed by atoms with Gasteiger partial charge in [-0.05, 0) is 29.5 Å². The van der Waals surface area contributed by atoms with Crippen molar-refractivity contribution in [3.05, 3.63) is 70.8 Å². The molecule has 0 bridgehead atoms. The predicted molar refractivity (Wildman–Crippen MR) is 164 cm³/mol. The first-order chi connectivity index (χ1) is 19.6. The van der Waals surface area contributed by atoms with E-state index in [2.05, 4.69) is 29.9 Å². The van der Waals surface area contributed by atoms with Crippen molar-refractivity contribution in [2.75, 3.05) is 16.6 Å². The van der Waals surface area contributed by atoms with Crippen molar-refractivity contribution in [3.63, 3.8) is 0 Å². The average molecular weight is 620 g/mol. The number of amides is 2. The number of aromatic nitrogens is 2. The maximum atomic E-state index is 13.0. The average Bonchev–Trinajstić information content (AvgIpc) is 3.24. The zero-order chi connectivity index (χ0) is 30.1. The van der Waals surface area contributed by atoms with Gasteiger partial charge in [0.1, 0.15) is 5.82 Å². The highest BCUT2D eigenvalue weighted by atomic mass is 35.5. The molecule has 12 heteroatoms. The van der Waals surface area contributed by atoms with Crippen molar-refractivity contribution in [3.8, 4) is 11.1 Å². The second-order valence-corrected chi connectivity index (χ2v) is 11.5. The van der Waals surface area contributed by atoms with Crippen LogP contribution < -0.4 is 9.62 Å². The fourth-order valence-electron chi connectivity index (χ4n) is 4.50. The van der Waals surface area contributed by atoms with E-state index in [1.165, 1.54) is 0 Å². The number of anilines is 1. The number of aliphatic hydroxyl groups excluding tert-OH is 1. The smallest absolute Gasteiger partial charge is 0.257 e. The van der Waals surface area contributed by atoms with Gasteiger partial charge in [0.25, 0.3) is 5.91 Å². The predicted octanol–water partition coefficient (Wildman–Crippen LogP) is 4.53. The maximum absolute atomic E-state index is 13.0. The van der Waals surface area contributed by atoms with Gasteiger partial charge in [0.2, 0.25) is 5.91 Å². The molecule has 2 amide bonds. The first kappa shape index (κ1) is 32.8. The molecule has 222 valence electrons. The third-order valence-electron chi connectivity index (χ3n) is 6.86. The molecule has 0 saturated carbocycles. The van der Waals surface area contributed by atoms with E-state index < -0.39 is 29.6 Å². The molecule has 2 unspecified atom stereocenters. The van der Waals surface area contributed by atoms with Crippen LogP contribution >= 0.6 is 24.2 Å². The molecule has 2 atom stereocenters. The summed E-state index contributed by atoms with van der Waals surface area (Å²) in [7, 11) is 0. The Bertz CT molecular complexity index is 1360. The van der Waals surface area contributed by atoms with E-state index in [9.17, 15) is 23.5 Å². The van der Waals surface area contributed by atoms with Crippen LogP contribution in [0.1, 0.15) is 50.7 Å². The minimum Gasteiger partial charge on any atom is -0.755 e. The zero-order valence-electron chi connectivity index (χ0n) is 23.4. The van der Waals surface area contributed by atoms with Gasteiger partial charge < -0.3 is 19.5 Å². The van der Waals surface area contributed by atoms with Crippen molar-refractivity contribution in [1.29, 1.82) is 0 Å². The molecule has 0 radical (unpaired) electrons. The summed E-state index contributed by atoms with van der Waals surface area (Å²) in [5, 5.41) is 12.7. The van der Waals surface area contributed by atoms with E-state index in [0.29, 0.717) is 38.6 Å². The van der Waals surface area contributed by atoms with Crippen LogP contribution in [0, 0.1) is 11.8 Å². The lowest BCUT2D eigenvalue weighted by Crippen LogP contribution is -2.44. The summed E-state index contributed by atoms with van der Waals surface area (Å²) in [6.07, 6.45) is 2.69. The molecule has 0 saturated heterocycles. The standard InChI is InChI=1S/C29H37ClN4O5S2/c1-4-5-10-26-32-28(30)25(17-35)33(26)16-20-11-13-21(14-12-20)22-8-6-7-9-24(22)34(41(38)39)27(36)15-31-29(37)23(18-40)19(2)3/h6-9,11-14,19,23,35,40H,4-5,10,15-18H2,1-3H3,(H,31,37)(H,38,39)/p-1. The number of hydrogen-bond donors (Lipinski definition) is 3. The van der Waals surface area contributed by atoms with Gasteiger partial charge in [0, 0.05) is 30.2 Å². The van der Waals surface area contributed by atoms with E-state index in [1.54, 1.807) is 24.3 Å². The van der Waals surface area contributed by atoms with Crippen molar-refractivity contribution in [2.24, 2.45) is 11.8 Å². The van der Waals surface area contributed by atoms with E-state index in [-0.39, 0.29) is 24.1 Å². The zero-order valence-corrected chi connectivity index (χ0v) is 25.8. The van der Waals surface area contributed by atoms with Gasteiger partial charge in [-0.15, -0.1) is 0 Å². The molecule has 2 N–H and O–H groups in total. The van der Waals surface area contributed by atoms with Gasteiger partial charge in [-0.1, -0.05) is 81.3 Å². The minimum atomic E-state index is -2.92. The van der Waals surface area contributed by atoms with Gasteiger partial charge in [0.05, 0.1) is 35.8 Å². The Morgan fingerprint density at radius 1 is 1.20 bits per heavy atom. The van der Waals surface area contributed by atoms with Crippen molar-refractivity contribution < 1.29 is 23.5 Å². The summed E-state index contributed by atoms with van der Waals surface area (Å²) in [6.45, 7) is 5.60. The van der Waals surface area contributed by atoms with E-state index >= 15 is 0 Å². The molecule has 0 aliphatic carbocycles. The fourth-order valence-corrected chi connectivity index (χ4v) is 5.89. The maximum Gasteiger partial charge on any atom is 0.257 e. The summed E-state index contributed by atoms with van der Waals surface area (Å²) in [4.78, 5) is 30.0. The molecule has 41 heavy (non-hydrogen) atoms. The second-order valence-electron chi connectivity index (χ2n) is 9.98. The molecule has 9 nitrogen and oxygen atoms in total. The molecule has 1 heterocycles. The minimum absolute atomic E-state index is 0.0139.